The summed E-state index contributed by atoms with van der Waals surface area (Å²) in [6.07, 6.45) is 18.5. The first-order valence-corrected chi connectivity index (χ1v) is 20.7. The molecule has 290 valence electrons. The molecular weight excluding hydrogens is 673 g/mol. The van der Waals surface area contributed by atoms with Gasteiger partial charge in [-0.15, -0.1) is 0 Å². The SMILES string of the molecule is CCCC1CCC(CC(C#CC(CC2CCC(CCC)CC2)c2ccc(OC(=O)c3ccc(OCCCOC=O)cc3)cc2)c2ccc(OC)cc2)CC1. The Morgan fingerprint density at radius 1 is 0.648 bits per heavy atom. The van der Waals surface area contributed by atoms with Crippen molar-refractivity contribution in [3.8, 4) is 29.1 Å². The maximum atomic E-state index is 13.0. The number of benzene rings is 3. The molecule has 0 radical (unpaired) electrons. The second-order valence-electron chi connectivity index (χ2n) is 15.6. The first kappa shape index (κ1) is 40.9. The summed E-state index contributed by atoms with van der Waals surface area (Å²) in [5.74, 6) is 12.8. The van der Waals surface area contributed by atoms with Gasteiger partial charge in [-0.25, -0.2) is 4.79 Å². The third-order valence-corrected chi connectivity index (χ3v) is 11.7. The second kappa shape index (κ2) is 22.2. The Labute approximate surface area is 324 Å². The van der Waals surface area contributed by atoms with Gasteiger partial charge in [-0.3, -0.25) is 4.79 Å². The number of carbonyl (C=O) groups excluding carboxylic acids is 2. The predicted molar refractivity (Wildman–Crippen MR) is 216 cm³/mol. The zero-order chi connectivity index (χ0) is 38.0. The minimum Gasteiger partial charge on any atom is -0.497 e. The third-order valence-electron chi connectivity index (χ3n) is 11.7. The van der Waals surface area contributed by atoms with E-state index in [0.29, 0.717) is 55.0 Å². The van der Waals surface area contributed by atoms with E-state index in [9.17, 15) is 9.59 Å². The minimum atomic E-state index is -0.417. The number of carbonyl (C=O) groups is 2. The van der Waals surface area contributed by atoms with Crippen LogP contribution in [0.4, 0.5) is 0 Å². The average Bonchev–Trinajstić information content (AvgIpc) is 3.21. The molecule has 5 rings (SSSR count). The maximum absolute atomic E-state index is 13.0. The number of hydrogen-bond acceptors (Lipinski definition) is 6. The first-order chi connectivity index (χ1) is 26.5. The molecule has 2 fully saturated rings. The molecular formula is C48H62O6. The normalized spacial score (nSPS) is 20.8. The molecule has 0 heterocycles. The molecule has 0 aromatic heterocycles. The molecule has 2 saturated carbocycles. The van der Waals surface area contributed by atoms with Crippen molar-refractivity contribution in [3.63, 3.8) is 0 Å². The molecule has 2 aliphatic rings. The van der Waals surface area contributed by atoms with Crippen molar-refractivity contribution < 1.29 is 28.5 Å². The molecule has 6 nitrogen and oxygen atoms in total. The van der Waals surface area contributed by atoms with E-state index >= 15 is 0 Å². The van der Waals surface area contributed by atoms with Crippen LogP contribution in [0.5, 0.6) is 17.2 Å². The maximum Gasteiger partial charge on any atom is 0.343 e. The number of hydrogen-bond donors (Lipinski definition) is 0. The van der Waals surface area contributed by atoms with Crippen LogP contribution in [-0.4, -0.2) is 32.8 Å². The van der Waals surface area contributed by atoms with E-state index in [1.54, 1.807) is 31.4 Å². The third kappa shape index (κ3) is 13.0. The highest BCUT2D eigenvalue weighted by Crippen LogP contribution is 2.39. The van der Waals surface area contributed by atoms with Crippen LogP contribution in [0.25, 0.3) is 0 Å². The van der Waals surface area contributed by atoms with Crippen LogP contribution in [0.3, 0.4) is 0 Å². The van der Waals surface area contributed by atoms with Crippen LogP contribution in [0, 0.1) is 35.5 Å². The van der Waals surface area contributed by atoms with E-state index < -0.39 is 5.97 Å². The smallest absolute Gasteiger partial charge is 0.343 e. The number of methoxy groups -OCH3 is 1. The van der Waals surface area contributed by atoms with Gasteiger partial charge in [0.15, 0.2) is 0 Å². The molecule has 54 heavy (non-hydrogen) atoms. The van der Waals surface area contributed by atoms with Crippen molar-refractivity contribution in [1.82, 2.24) is 0 Å². The topological polar surface area (TPSA) is 71.1 Å². The molecule has 0 aliphatic heterocycles. The molecule has 3 aromatic carbocycles. The van der Waals surface area contributed by atoms with E-state index in [4.69, 9.17) is 18.9 Å². The Hall–Kier alpha value is -4.24. The molecule has 2 atom stereocenters. The molecule has 2 unspecified atom stereocenters. The highest BCUT2D eigenvalue weighted by molar-refractivity contribution is 5.91. The fraction of sp³-hybridized carbons (Fsp3) is 0.542. The average molecular weight is 735 g/mol. The lowest BCUT2D eigenvalue weighted by Gasteiger charge is -2.30. The molecule has 6 heteroatoms. The van der Waals surface area contributed by atoms with E-state index in [1.165, 1.54) is 88.2 Å². The Morgan fingerprint density at radius 2 is 1.11 bits per heavy atom. The van der Waals surface area contributed by atoms with Crippen molar-refractivity contribution >= 4 is 12.4 Å². The summed E-state index contributed by atoms with van der Waals surface area (Å²) >= 11 is 0. The van der Waals surface area contributed by atoms with Gasteiger partial charge in [-0.2, -0.15) is 0 Å². The Bertz CT molecular complexity index is 1590. The highest BCUT2D eigenvalue weighted by atomic mass is 16.5. The molecule has 3 aromatic rings. The van der Waals surface area contributed by atoms with E-state index in [-0.39, 0.29) is 11.8 Å². The summed E-state index contributed by atoms with van der Waals surface area (Å²) < 4.78 is 21.6. The zero-order valence-corrected chi connectivity index (χ0v) is 32.9. The van der Waals surface area contributed by atoms with Crippen LogP contribution < -0.4 is 14.2 Å². The van der Waals surface area contributed by atoms with Crippen molar-refractivity contribution in [2.45, 2.75) is 122 Å². The minimum absolute atomic E-state index is 0.112. The fourth-order valence-electron chi connectivity index (χ4n) is 8.59. The van der Waals surface area contributed by atoms with Crippen molar-refractivity contribution in [2.75, 3.05) is 20.3 Å². The molecule has 0 spiro atoms. The lowest BCUT2D eigenvalue weighted by molar-refractivity contribution is -0.128. The summed E-state index contributed by atoms with van der Waals surface area (Å²) in [7, 11) is 1.72. The monoisotopic (exact) mass is 734 g/mol. The molecule has 0 amide bonds. The van der Waals surface area contributed by atoms with Gasteiger partial charge in [0, 0.05) is 18.3 Å². The number of ether oxygens (including phenoxy) is 4. The van der Waals surface area contributed by atoms with Crippen molar-refractivity contribution in [1.29, 1.82) is 0 Å². The van der Waals surface area contributed by atoms with E-state index in [2.05, 4.69) is 62.1 Å². The quantitative estimate of drug-likeness (QED) is 0.0401. The second-order valence-corrected chi connectivity index (χ2v) is 15.6. The summed E-state index contributed by atoms with van der Waals surface area (Å²) in [4.78, 5) is 23.3. The van der Waals surface area contributed by atoms with Gasteiger partial charge >= 0.3 is 5.97 Å². The molecule has 2 aliphatic carbocycles. The summed E-state index contributed by atoms with van der Waals surface area (Å²) in [5, 5.41) is 0. The number of esters is 1. The molecule has 0 N–H and O–H groups in total. The predicted octanol–water partition coefficient (Wildman–Crippen LogP) is 11.7. The highest BCUT2D eigenvalue weighted by Gasteiger charge is 2.26. The summed E-state index contributed by atoms with van der Waals surface area (Å²) in [5.41, 5.74) is 2.91. The van der Waals surface area contributed by atoms with Crippen LogP contribution in [0.1, 0.15) is 143 Å². The van der Waals surface area contributed by atoms with Gasteiger partial charge in [0.2, 0.25) is 0 Å². The van der Waals surface area contributed by atoms with Gasteiger partial charge in [0.25, 0.3) is 6.47 Å². The molecule has 0 bridgehead atoms. The van der Waals surface area contributed by atoms with Gasteiger partial charge < -0.3 is 18.9 Å². The number of rotatable bonds is 19. The van der Waals surface area contributed by atoms with Gasteiger partial charge in [0.05, 0.1) is 25.9 Å². The lowest BCUT2D eigenvalue weighted by atomic mass is 9.75. The summed E-state index contributed by atoms with van der Waals surface area (Å²) in [6, 6.07) is 23.5. The Balaban J connectivity index is 1.30. The lowest BCUT2D eigenvalue weighted by Crippen LogP contribution is -2.17. The Kier molecular flexibility index (Phi) is 16.8. The van der Waals surface area contributed by atoms with Crippen molar-refractivity contribution in [2.24, 2.45) is 23.7 Å². The summed E-state index contributed by atoms with van der Waals surface area (Å²) in [6.45, 7) is 5.77. The zero-order valence-electron chi connectivity index (χ0n) is 32.9. The first-order valence-electron chi connectivity index (χ1n) is 20.7. The van der Waals surface area contributed by atoms with Gasteiger partial charge in [0.1, 0.15) is 17.2 Å². The standard InChI is InChI=1S/C48H62O6/c1-4-7-36-9-13-38(14-10-36)33-43(40-19-25-45(51-3)26-20-40)17-18-44(34-39-15-11-37(8-5-2)12-16-39)41-21-29-47(30-22-41)54-48(50)42-23-27-46(28-24-42)53-32-6-31-52-35-49/h19-30,35-39,43-44H,4-16,31-34H2,1-3H3. The molecule has 0 saturated heterocycles. The van der Waals surface area contributed by atoms with E-state index in [0.717, 1.165) is 30.4 Å². The van der Waals surface area contributed by atoms with Crippen LogP contribution in [0.2, 0.25) is 0 Å². The van der Waals surface area contributed by atoms with Crippen LogP contribution in [-0.2, 0) is 9.53 Å². The Morgan fingerprint density at radius 3 is 1.57 bits per heavy atom. The van der Waals surface area contributed by atoms with Gasteiger partial charge in [-0.1, -0.05) is 127 Å². The van der Waals surface area contributed by atoms with Crippen LogP contribution in [0.15, 0.2) is 72.8 Å². The fourth-order valence-corrected chi connectivity index (χ4v) is 8.59. The largest absolute Gasteiger partial charge is 0.497 e. The van der Waals surface area contributed by atoms with Crippen molar-refractivity contribution in [3.05, 3.63) is 89.5 Å². The van der Waals surface area contributed by atoms with Crippen LogP contribution >= 0.6 is 0 Å². The van der Waals surface area contributed by atoms with Gasteiger partial charge in [-0.05, 0) is 96.2 Å². The van der Waals surface area contributed by atoms with E-state index in [1.807, 2.05) is 12.1 Å².